The van der Waals surface area contributed by atoms with Gasteiger partial charge in [-0.15, -0.1) is 0 Å². The van der Waals surface area contributed by atoms with E-state index in [-0.39, 0.29) is 30.0 Å². The third kappa shape index (κ3) is 2.93. The predicted octanol–water partition coefficient (Wildman–Crippen LogP) is 0.705. The minimum absolute atomic E-state index is 0.0638. The molecule has 2 rings (SSSR count). The molecular formula is C11H14N4O3. The topological polar surface area (TPSA) is 88.4 Å². The summed E-state index contributed by atoms with van der Waals surface area (Å²) in [4.78, 5) is 27.4. The second-order valence-electron chi connectivity index (χ2n) is 4.30. The number of rotatable bonds is 5. The van der Waals surface area contributed by atoms with Crippen LogP contribution in [-0.2, 0) is 4.79 Å². The monoisotopic (exact) mass is 250 g/mol. The van der Waals surface area contributed by atoms with Crippen molar-refractivity contribution in [2.24, 2.45) is 0 Å². The normalized spacial score (nSPS) is 14.1. The number of likely N-dealkylation sites (N-methyl/N-ethyl adjacent to an activating group) is 1. The molecule has 0 spiro atoms. The molecule has 7 nitrogen and oxygen atoms in total. The van der Waals surface area contributed by atoms with E-state index in [1.165, 1.54) is 23.2 Å². The van der Waals surface area contributed by atoms with Crippen LogP contribution in [0, 0.1) is 10.1 Å². The quantitative estimate of drug-likeness (QED) is 0.614. The molecule has 1 aliphatic rings. The first-order valence-electron chi connectivity index (χ1n) is 5.68. The predicted molar refractivity (Wildman–Crippen MR) is 65.3 cm³/mol. The zero-order valence-electron chi connectivity index (χ0n) is 10.00. The molecule has 1 N–H and O–H groups in total. The lowest BCUT2D eigenvalue weighted by Crippen LogP contribution is -2.36. The van der Waals surface area contributed by atoms with Crippen LogP contribution in [0.4, 0.5) is 11.5 Å². The molecule has 96 valence electrons. The number of hydrogen-bond acceptors (Lipinski definition) is 5. The molecule has 0 unspecified atom stereocenters. The second kappa shape index (κ2) is 4.99. The number of anilines is 1. The standard InChI is InChI=1S/C11H14N4O3/c1-14(7-10(16)13-8-4-5-8)11-9(15(17)18)3-2-6-12-11/h2-3,6,8H,4-5,7H2,1H3,(H,13,16). The van der Waals surface area contributed by atoms with E-state index in [0.717, 1.165) is 12.8 Å². The van der Waals surface area contributed by atoms with Gasteiger partial charge in [0.1, 0.15) is 0 Å². The molecule has 0 aromatic carbocycles. The third-order valence-corrected chi connectivity index (χ3v) is 2.65. The summed E-state index contributed by atoms with van der Waals surface area (Å²) in [6.45, 7) is 0.0638. The fraction of sp³-hybridized carbons (Fsp3) is 0.455. The molecule has 1 fully saturated rings. The maximum Gasteiger partial charge on any atom is 0.311 e. The van der Waals surface area contributed by atoms with E-state index in [4.69, 9.17) is 0 Å². The maximum atomic E-state index is 11.6. The summed E-state index contributed by atoms with van der Waals surface area (Å²) in [5, 5.41) is 13.7. The molecule has 1 heterocycles. The minimum atomic E-state index is -0.502. The number of amides is 1. The highest BCUT2D eigenvalue weighted by Crippen LogP contribution is 2.23. The zero-order valence-corrected chi connectivity index (χ0v) is 10.00. The highest BCUT2D eigenvalue weighted by Gasteiger charge is 2.25. The van der Waals surface area contributed by atoms with Gasteiger partial charge in [-0.1, -0.05) is 0 Å². The Morgan fingerprint density at radius 2 is 2.39 bits per heavy atom. The van der Waals surface area contributed by atoms with E-state index in [1.54, 1.807) is 7.05 Å². The van der Waals surface area contributed by atoms with Crippen LogP contribution in [0.1, 0.15) is 12.8 Å². The summed E-state index contributed by atoms with van der Waals surface area (Å²) in [6, 6.07) is 3.15. The Morgan fingerprint density at radius 3 is 3.00 bits per heavy atom. The molecule has 0 atom stereocenters. The summed E-state index contributed by atoms with van der Waals surface area (Å²) in [5.41, 5.74) is -0.0979. The van der Waals surface area contributed by atoms with Crippen LogP contribution in [-0.4, -0.2) is 35.4 Å². The Morgan fingerprint density at radius 1 is 1.67 bits per heavy atom. The molecular weight excluding hydrogens is 236 g/mol. The van der Waals surface area contributed by atoms with E-state index in [1.807, 2.05) is 0 Å². The van der Waals surface area contributed by atoms with Crippen molar-refractivity contribution in [1.29, 1.82) is 0 Å². The number of hydrogen-bond donors (Lipinski definition) is 1. The van der Waals surface area contributed by atoms with Crippen molar-refractivity contribution in [3.05, 3.63) is 28.4 Å². The highest BCUT2D eigenvalue weighted by atomic mass is 16.6. The molecule has 0 radical (unpaired) electrons. The molecule has 7 heteroatoms. The zero-order chi connectivity index (χ0) is 13.1. The van der Waals surface area contributed by atoms with Gasteiger partial charge in [0.05, 0.1) is 11.5 Å². The molecule has 1 amide bonds. The van der Waals surface area contributed by atoms with Crippen LogP contribution in [0.3, 0.4) is 0 Å². The minimum Gasteiger partial charge on any atom is -0.352 e. The smallest absolute Gasteiger partial charge is 0.311 e. The Kier molecular flexibility index (Phi) is 3.40. The molecule has 1 aromatic heterocycles. The fourth-order valence-corrected chi connectivity index (χ4v) is 1.62. The van der Waals surface area contributed by atoms with Gasteiger partial charge in [0.15, 0.2) is 0 Å². The van der Waals surface area contributed by atoms with Gasteiger partial charge in [0.25, 0.3) is 0 Å². The number of pyridine rings is 1. The van der Waals surface area contributed by atoms with Crippen LogP contribution in [0.15, 0.2) is 18.3 Å². The number of carbonyl (C=O) groups excluding carboxylic acids is 1. The van der Waals surface area contributed by atoms with Gasteiger partial charge >= 0.3 is 5.69 Å². The van der Waals surface area contributed by atoms with Crippen molar-refractivity contribution in [3.63, 3.8) is 0 Å². The van der Waals surface area contributed by atoms with Gasteiger partial charge in [-0.2, -0.15) is 0 Å². The number of aromatic nitrogens is 1. The van der Waals surface area contributed by atoms with Crippen molar-refractivity contribution in [1.82, 2.24) is 10.3 Å². The molecule has 1 aliphatic carbocycles. The highest BCUT2D eigenvalue weighted by molar-refractivity contribution is 5.82. The van der Waals surface area contributed by atoms with E-state index < -0.39 is 4.92 Å². The van der Waals surface area contributed by atoms with Crippen LogP contribution < -0.4 is 10.2 Å². The van der Waals surface area contributed by atoms with Crippen molar-refractivity contribution in [2.75, 3.05) is 18.5 Å². The van der Waals surface area contributed by atoms with Crippen molar-refractivity contribution in [2.45, 2.75) is 18.9 Å². The molecule has 1 saturated carbocycles. The molecule has 18 heavy (non-hydrogen) atoms. The first kappa shape index (κ1) is 12.3. The van der Waals surface area contributed by atoms with Crippen LogP contribution in [0.2, 0.25) is 0 Å². The van der Waals surface area contributed by atoms with E-state index in [2.05, 4.69) is 10.3 Å². The Balaban J connectivity index is 2.05. The summed E-state index contributed by atoms with van der Waals surface area (Å²) >= 11 is 0. The fourth-order valence-electron chi connectivity index (χ4n) is 1.62. The third-order valence-electron chi connectivity index (χ3n) is 2.65. The number of nitrogens with one attached hydrogen (secondary N) is 1. The van der Waals surface area contributed by atoms with Gasteiger partial charge < -0.3 is 10.2 Å². The lowest BCUT2D eigenvalue weighted by Gasteiger charge is -2.17. The Hall–Kier alpha value is -2.18. The lowest BCUT2D eigenvalue weighted by atomic mass is 10.3. The summed E-state index contributed by atoms with van der Waals surface area (Å²) < 4.78 is 0. The van der Waals surface area contributed by atoms with Crippen molar-refractivity contribution < 1.29 is 9.72 Å². The average molecular weight is 250 g/mol. The summed E-state index contributed by atoms with van der Waals surface area (Å²) in [7, 11) is 1.61. The molecule has 0 aliphatic heterocycles. The van der Waals surface area contributed by atoms with Gasteiger partial charge in [0.2, 0.25) is 11.7 Å². The number of carbonyl (C=O) groups is 1. The summed E-state index contributed by atoms with van der Waals surface area (Å²) in [6.07, 6.45) is 3.50. The van der Waals surface area contributed by atoms with Crippen molar-refractivity contribution >= 4 is 17.4 Å². The van der Waals surface area contributed by atoms with E-state index in [0.29, 0.717) is 0 Å². The first-order valence-corrected chi connectivity index (χ1v) is 5.68. The van der Waals surface area contributed by atoms with Crippen molar-refractivity contribution in [3.8, 4) is 0 Å². The van der Waals surface area contributed by atoms with Gasteiger partial charge in [-0.3, -0.25) is 14.9 Å². The number of nitrogens with zero attached hydrogens (tertiary/aromatic N) is 3. The summed E-state index contributed by atoms with van der Waals surface area (Å²) in [5.74, 6) is 0.0633. The first-order chi connectivity index (χ1) is 8.58. The Labute approximate surface area is 104 Å². The van der Waals surface area contributed by atoms with Crippen LogP contribution in [0.25, 0.3) is 0 Å². The molecule has 0 bridgehead atoms. The Bertz CT molecular complexity index is 473. The van der Waals surface area contributed by atoms with E-state index >= 15 is 0 Å². The average Bonchev–Trinajstić information content (AvgIpc) is 3.12. The molecule has 0 saturated heterocycles. The van der Waals surface area contributed by atoms with Crippen LogP contribution in [0.5, 0.6) is 0 Å². The van der Waals surface area contributed by atoms with Crippen LogP contribution >= 0.6 is 0 Å². The molecule has 1 aromatic rings. The lowest BCUT2D eigenvalue weighted by molar-refractivity contribution is -0.384. The maximum absolute atomic E-state index is 11.6. The van der Waals surface area contributed by atoms with Gasteiger partial charge in [-0.05, 0) is 18.9 Å². The second-order valence-corrected chi connectivity index (χ2v) is 4.30. The number of nitro groups is 1. The van der Waals surface area contributed by atoms with E-state index in [9.17, 15) is 14.9 Å². The SMILES string of the molecule is CN(CC(=O)NC1CC1)c1ncccc1[N+](=O)[O-]. The largest absolute Gasteiger partial charge is 0.352 e. The van der Waals surface area contributed by atoms with Gasteiger partial charge in [0, 0.05) is 25.4 Å². The van der Waals surface area contributed by atoms with Gasteiger partial charge in [-0.25, -0.2) is 4.98 Å².